The standard InChI is InChI=1S/C17H13F4NO2/c18-15(16(23)24)11-6-5-9-12(7-22-8-13(9)11)10-3-1-2-4-14(10)17(19,20)21/h1-4,7-8,11,15H,5-6H2,(H,23,24). The Hall–Kier alpha value is -2.44. The first-order chi connectivity index (χ1) is 11.3. The van der Waals surface area contributed by atoms with Crippen molar-refractivity contribution in [3.8, 4) is 11.1 Å². The molecule has 3 rings (SSSR count). The molecule has 0 saturated heterocycles. The van der Waals surface area contributed by atoms with E-state index in [9.17, 15) is 22.4 Å². The molecule has 1 aliphatic rings. The minimum Gasteiger partial charge on any atom is -0.479 e. The highest BCUT2D eigenvalue weighted by molar-refractivity contribution is 5.76. The number of aliphatic carboxylic acids is 1. The lowest BCUT2D eigenvalue weighted by Crippen LogP contribution is -2.22. The van der Waals surface area contributed by atoms with Gasteiger partial charge in [-0.15, -0.1) is 0 Å². The predicted molar refractivity (Wildman–Crippen MR) is 78.3 cm³/mol. The number of carboxylic acid groups (broad SMARTS) is 1. The number of carbonyl (C=O) groups is 1. The lowest BCUT2D eigenvalue weighted by molar-refractivity contribution is -0.143. The SMILES string of the molecule is O=C(O)C(F)C1CCc2c(-c3ccccc3C(F)(F)F)cncc21. The van der Waals surface area contributed by atoms with E-state index in [4.69, 9.17) is 5.11 Å². The topological polar surface area (TPSA) is 50.2 Å². The van der Waals surface area contributed by atoms with Crippen LogP contribution in [0.5, 0.6) is 0 Å². The van der Waals surface area contributed by atoms with E-state index < -0.39 is 29.8 Å². The van der Waals surface area contributed by atoms with Crippen LogP contribution in [0, 0.1) is 0 Å². The Balaban J connectivity index is 2.13. The summed E-state index contributed by atoms with van der Waals surface area (Å²) < 4.78 is 53.6. The van der Waals surface area contributed by atoms with E-state index in [1.165, 1.54) is 30.6 Å². The fourth-order valence-electron chi connectivity index (χ4n) is 3.23. The van der Waals surface area contributed by atoms with E-state index in [2.05, 4.69) is 4.98 Å². The van der Waals surface area contributed by atoms with Crippen molar-refractivity contribution >= 4 is 5.97 Å². The number of fused-ring (bicyclic) bond motifs is 1. The van der Waals surface area contributed by atoms with Gasteiger partial charge in [0.2, 0.25) is 6.17 Å². The van der Waals surface area contributed by atoms with Gasteiger partial charge in [-0.3, -0.25) is 4.98 Å². The van der Waals surface area contributed by atoms with Gasteiger partial charge >= 0.3 is 12.1 Å². The van der Waals surface area contributed by atoms with Crippen molar-refractivity contribution in [3.05, 3.63) is 53.3 Å². The molecule has 1 aromatic heterocycles. The smallest absolute Gasteiger partial charge is 0.417 e. The van der Waals surface area contributed by atoms with Crippen molar-refractivity contribution in [1.82, 2.24) is 4.98 Å². The Labute approximate surface area is 135 Å². The minimum absolute atomic E-state index is 0.0271. The van der Waals surface area contributed by atoms with Crippen LogP contribution in [0.3, 0.4) is 0 Å². The van der Waals surface area contributed by atoms with Crippen LogP contribution in [-0.2, 0) is 17.4 Å². The van der Waals surface area contributed by atoms with Gasteiger partial charge in [-0.05, 0) is 35.6 Å². The third kappa shape index (κ3) is 2.74. The molecule has 0 radical (unpaired) electrons. The monoisotopic (exact) mass is 339 g/mol. The molecule has 1 N–H and O–H groups in total. The molecule has 7 heteroatoms. The highest BCUT2D eigenvalue weighted by atomic mass is 19.4. The maximum Gasteiger partial charge on any atom is 0.417 e. The highest BCUT2D eigenvalue weighted by Gasteiger charge is 2.38. The van der Waals surface area contributed by atoms with Crippen molar-refractivity contribution in [3.63, 3.8) is 0 Å². The number of nitrogens with zero attached hydrogens (tertiary/aromatic N) is 1. The number of carboxylic acids is 1. The molecule has 2 unspecified atom stereocenters. The van der Waals surface area contributed by atoms with Gasteiger partial charge in [-0.25, -0.2) is 9.18 Å². The third-order valence-electron chi connectivity index (χ3n) is 4.31. The summed E-state index contributed by atoms with van der Waals surface area (Å²) in [6.07, 6.45) is -3.41. The van der Waals surface area contributed by atoms with Gasteiger partial charge in [0, 0.05) is 23.9 Å². The van der Waals surface area contributed by atoms with Gasteiger partial charge in [0.1, 0.15) is 0 Å². The number of hydrogen-bond donors (Lipinski definition) is 1. The first-order valence-electron chi connectivity index (χ1n) is 7.31. The quantitative estimate of drug-likeness (QED) is 0.852. The van der Waals surface area contributed by atoms with E-state index >= 15 is 0 Å². The van der Waals surface area contributed by atoms with Gasteiger partial charge in [0.05, 0.1) is 5.56 Å². The van der Waals surface area contributed by atoms with E-state index in [1.54, 1.807) is 0 Å². The normalized spacial score (nSPS) is 18.2. The zero-order chi connectivity index (χ0) is 17.5. The average molecular weight is 339 g/mol. The first-order valence-corrected chi connectivity index (χ1v) is 7.31. The summed E-state index contributed by atoms with van der Waals surface area (Å²) in [6.45, 7) is 0. The van der Waals surface area contributed by atoms with Crippen LogP contribution >= 0.6 is 0 Å². The largest absolute Gasteiger partial charge is 0.479 e. The fraction of sp³-hybridized carbons (Fsp3) is 0.294. The van der Waals surface area contributed by atoms with Crippen molar-refractivity contribution in [2.24, 2.45) is 0 Å². The van der Waals surface area contributed by atoms with E-state index in [0.717, 1.165) is 6.07 Å². The second kappa shape index (κ2) is 5.89. The average Bonchev–Trinajstić information content (AvgIpc) is 2.97. The Morgan fingerprint density at radius 3 is 2.58 bits per heavy atom. The zero-order valence-corrected chi connectivity index (χ0v) is 12.3. The molecule has 24 heavy (non-hydrogen) atoms. The molecule has 0 aliphatic heterocycles. The summed E-state index contributed by atoms with van der Waals surface area (Å²) in [5.41, 5.74) is 0.370. The molecule has 1 heterocycles. The number of aromatic nitrogens is 1. The molecule has 2 atom stereocenters. The number of benzene rings is 1. The maximum absolute atomic E-state index is 13.9. The zero-order valence-electron chi connectivity index (χ0n) is 12.3. The molecule has 0 spiro atoms. The Morgan fingerprint density at radius 1 is 1.21 bits per heavy atom. The first kappa shape index (κ1) is 16.4. The van der Waals surface area contributed by atoms with Gasteiger partial charge in [0.25, 0.3) is 0 Å². The van der Waals surface area contributed by atoms with Crippen molar-refractivity contribution in [2.45, 2.75) is 31.1 Å². The van der Waals surface area contributed by atoms with Crippen LogP contribution in [0.25, 0.3) is 11.1 Å². The molecule has 1 aromatic carbocycles. The Bertz CT molecular complexity index is 788. The Morgan fingerprint density at radius 2 is 1.92 bits per heavy atom. The molecule has 3 nitrogen and oxygen atoms in total. The number of pyridine rings is 1. The summed E-state index contributed by atoms with van der Waals surface area (Å²) in [5, 5.41) is 8.86. The summed E-state index contributed by atoms with van der Waals surface area (Å²) in [5.74, 6) is -2.46. The van der Waals surface area contributed by atoms with Crippen LogP contribution in [0.1, 0.15) is 29.0 Å². The summed E-state index contributed by atoms with van der Waals surface area (Å²) in [4.78, 5) is 14.8. The molecule has 1 aliphatic carbocycles. The molecule has 2 aromatic rings. The van der Waals surface area contributed by atoms with Gasteiger partial charge in [-0.2, -0.15) is 13.2 Å². The molecule has 0 amide bonds. The third-order valence-corrected chi connectivity index (χ3v) is 4.31. The summed E-state index contributed by atoms with van der Waals surface area (Å²) in [6, 6.07) is 5.12. The van der Waals surface area contributed by atoms with Crippen LogP contribution in [-0.4, -0.2) is 22.2 Å². The van der Waals surface area contributed by atoms with E-state index in [-0.39, 0.29) is 17.5 Å². The molecule has 0 bridgehead atoms. The molecular formula is C17H13F4NO2. The highest BCUT2D eigenvalue weighted by Crippen LogP contribution is 2.44. The fourth-order valence-corrected chi connectivity index (χ4v) is 3.23. The van der Waals surface area contributed by atoms with Crippen molar-refractivity contribution < 1.29 is 27.5 Å². The molecule has 126 valence electrons. The summed E-state index contributed by atoms with van der Waals surface area (Å²) >= 11 is 0. The molecular weight excluding hydrogens is 326 g/mol. The predicted octanol–water partition coefficient (Wildman–Crippen LogP) is 4.22. The van der Waals surface area contributed by atoms with Crippen LogP contribution < -0.4 is 0 Å². The van der Waals surface area contributed by atoms with Crippen molar-refractivity contribution in [2.75, 3.05) is 0 Å². The van der Waals surface area contributed by atoms with E-state index in [0.29, 0.717) is 17.5 Å². The van der Waals surface area contributed by atoms with Crippen LogP contribution in [0.2, 0.25) is 0 Å². The number of hydrogen-bond acceptors (Lipinski definition) is 2. The van der Waals surface area contributed by atoms with Gasteiger partial charge in [-0.1, -0.05) is 18.2 Å². The van der Waals surface area contributed by atoms with Gasteiger partial charge in [0.15, 0.2) is 0 Å². The van der Waals surface area contributed by atoms with Crippen molar-refractivity contribution in [1.29, 1.82) is 0 Å². The number of halogens is 4. The Kier molecular flexibility index (Phi) is 4.03. The lowest BCUT2D eigenvalue weighted by atomic mass is 9.93. The van der Waals surface area contributed by atoms with Crippen LogP contribution in [0.15, 0.2) is 36.7 Å². The second-order valence-corrected chi connectivity index (χ2v) is 5.68. The van der Waals surface area contributed by atoms with Gasteiger partial charge < -0.3 is 5.11 Å². The van der Waals surface area contributed by atoms with E-state index in [1.807, 2.05) is 0 Å². The second-order valence-electron chi connectivity index (χ2n) is 5.68. The lowest BCUT2D eigenvalue weighted by Gasteiger charge is -2.16. The minimum atomic E-state index is -4.53. The number of rotatable bonds is 3. The van der Waals surface area contributed by atoms with Crippen LogP contribution in [0.4, 0.5) is 17.6 Å². The maximum atomic E-state index is 13.9. The summed E-state index contributed by atoms with van der Waals surface area (Å²) in [7, 11) is 0. The molecule has 0 fully saturated rings. The molecule has 0 saturated carbocycles. The number of alkyl halides is 4.